The van der Waals surface area contributed by atoms with E-state index in [9.17, 15) is 24.5 Å². The third-order valence-electron chi connectivity index (χ3n) is 5.02. The molecule has 6 N–H and O–H groups in total. The fourth-order valence-electron chi connectivity index (χ4n) is 3.39. The lowest BCUT2D eigenvalue weighted by atomic mass is 9.78. The number of aliphatic carboxylic acids is 1. The molecular weight excluding hydrogens is 397 g/mol. The van der Waals surface area contributed by atoms with Gasteiger partial charge in [0, 0.05) is 26.2 Å². The van der Waals surface area contributed by atoms with Crippen LogP contribution in [0.1, 0.15) is 22.3 Å². The lowest BCUT2D eigenvalue weighted by molar-refractivity contribution is -0.140. The summed E-state index contributed by atoms with van der Waals surface area (Å²) in [5.41, 5.74) is 5.94. The number of rotatable bonds is 9. The van der Waals surface area contributed by atoms with E-state index in [2.05, 4.69) is 5.32 Å². The second kappa shape index (κ2) is 9.33. The van der Waals surface area contributed by atoms with Crippen molar-refractivity contribution in [3.8, 4) is 11.5 Å². The highest BCUT2D eigenvalue weighted by Gasteiger charge is 2.33. The number of carbonyl (C=O) groups excluding carboxylic acids is 1. The maximum Gasteiger partial charge on any atom is 0.522 e. The van der Waals surface area contributed by atoms with Crippen LogP contribution in [0.2, 0.25) is 6.32 Å². The Bertz CT molecular complexity index is 830. The predicted octanol–water partition coefficient (Wildman–Crippen LogP) is -1.22. The number of benzene rings is 1. The van der Waals surface area contributed by atoms with Crippen LogP contribution in [0.4, 0.5) is 0 Å². The van der Waals surface area contributed by atoms with Gasteiger partial charge in [-0.3, -0.25) is 14.5 Å². The highest BCUT2D eigenvalue weighted by molar-refractivity contribution is 6.44. The van der Waals surface area contributed by atoms with Crippen molar-refractivity contribution >= 4 is 25.0 Å². The van der Waals surface area contributed by atoms with Gasteiger partial charge >= 0.3 is 19.1 Å². The second-order valence-corrected chi connectivity index (χ2v) is 7.34. The first-order chi connectivity index (χ1) is 14.2. The molecule has 0 aromatic heterocycles. The Kier molecular flexibility index (Phi) is 6.80. The summed E-state index contributed by atoms with van der Waals surface area (Å²) in [7, 11) is -1.04. The summed E-state index contributed by atoms with van der Waals surface area (Å²) in [4.78, 5) is 36.0. The number of aromatic carboxylic acids is 1. The van der Waals surface area contributed by atoms with Crippen LogP contribution in [0.5, 0.6) is 11.5 Å². The zero-order valence-electron chi connectivity index (χ0n) is 16.2. The Morgan fingerprint density at radius 3 is 2.73 bits per heavy atom. The number of amides is 1. The predicted molar refractivity (Wildman–Crippen MR) is 105 cm³/mol. The highest BCUT2D eigenvalue weighted by Crippen LogP contribution is 2.37. The molecule has 30 heavy (non-hydrogen) atoms. The summed E-state index contributed by atoms with van der Waals surface area (Å²) < 4.78 is 11.2. The van der Waals surface area contributed by atoms with E-state index in [-0.39, 0.29) is 29.6 Å². The summed E-state index contributed by atoms with van der Waals surface area (Å²) in [6.45, 7) is 1.97. The molecule has 1 saturated heterocycles. The van der Waals surface area contributed by atoms with E-state index < -0.39 is 31.0 Å². The van der Waals surface area contributed by atoms with E-state index in [0.717, 1.165) is 5.56 Å². The van der Waals surface area contributed by atoms with Crippen molar-refractivity contribution in [3.63, 3.8) is 0 Å². The minimum absolute atomic E-state index is 0.0910. The zero-order chi connectivity index (χ0) is 21.8. The van der Waals surface area contributed by atoms with E-state index >= 15 is 0 Å². The SMILES string of the molecule is N[C@@H](CC(=O)NCCN1CC(Oc2ccc3c(c2C(=O)O)OB(O)CC3)C1)C(=O)O. The first-order valence-electron chi connectivity index (χ1n) is 9.62. The minimum Gasteiger partial charge on any atom is -0.535 e. The molecule has 0 radical (unpaired) electrons. The van der Waals surface area contributed by atoms with Gasteiger partial charge in [0.2, 0.25) is 5.91 Å². The van der Waals surface area contributed by atoms with Crippen LogP contribution in [0, 0.1) is 0 Å². The van der Waals surface area contributed by atoms with Crippen LogP contribution < -0.4 is 20.4 Å². The summed E-state index contributed by atoms with van der Waals surface area (Å²) >= 11 is 0. The number of hydrogen-bond acceptors (Lipinski definition) is 8. The van der Waals surface area contributed by atoms with Gasteiger partial charge in [-0.25, -0.2) is 4.79 Å². The minimum atomic E-state index is -1.23. The number of likely N-dealkylation sites (tertiary alicyclic amines) is 1. The normalized spacial score (nSPS) is 17.3. The first-order valence-corrected chi connectivity index (χ1v) is 9.62. The molecule has 0 saturated carbocycles. The van der Waals surface area contributed by atoms with E-state index in [0.29, 0.717) is 38.9 Å². The molecule has 1 fully saturated rings. The van der Waals surface area contributed by atoms with Crippen molar-refractivity contribution in [2.75, 3.05) is 26.2 Å². The third kappa shape index (κ3) is 5.20. The molecule has 11 nitrogen and oxygen atoms in total. The number of nitrogens with zero attached hydrogens (tertiary/aromatic N) is 1. The molecule has 0 aliphatic carbocycles. The van der Waals surface area contributed by atoms with Crippen molar-refractivity contribution in [1.29, 1.82) is 0 Å². The second-order valence-electron chi connectivity index (χ2n) is 7.34. The Morgan fingerprint density at radius 1 is 1.33 bits per heavy atom. The Balaban J connectivity index is 1.47. The standard InChI is InChI=1S/C18H24BN3O8/c20-12(17(24)25)7-14(23)21-5-6-22-8-11(9-22)29-13-2-1-10-3-4-19(28)30-16(10)15(13)18(26)27/h1-2,11-12,28H,3-9,20H2,(H,21,23)(H,24,25)(H,26,27)/t12-/m0/s1. The van der Waals surface area contributed by atoms with Gasteiger partial charge in [-0.1, -0.05) is 6.07 Å². The molecule has 3 rings (SSSR count). The van der Waals surface area contributed by atoms with Crippen LogP contribution >= 0.6 is 0 Å². The topological polar surface area (TPSA) is 172 Å². The molecule has 1 amide bonds. The molecule has 0 spiro atoms. The summed E-state index contributed by atoms with van der Waals surface area (Å²) in [5.74, 6) is -2.50. The molecular formula is C18H24BN3O8. The van der Waals surface area contributed by atoms with Crippen molar-refractivity contribution in [1.82, 2.24) is 10.2 Å². The van der Waals surface area contributed by atoms with Crippen molar-refractivity contribution in [3.05, 3.63) is 23.3 Å². The molecule has 1 atom stereocenters. The van der Waals surface area contributed by atoms with E-state index in [1.54, 1.807) is 12.1 Å². The fourth-order valence-corrected chi connectivity index (χ4v) is 3.39. The lowest BCUT2D eigenvalue weighted by Crippen LogP contribution is -2.55. The molecule has 0 bridgehead atoms. The van der Waals surface area contributed by atoms with E-state index in [1.165, 1.54) is 0 Å². The molecule has 2 aliphatic rings. The monoisotopic (exact) mass is 421 g/mol. The first kappa shape index (κ1) is 21.9. The van der Waals surface area contributed by atoms with Crippen LogP contribution in [-0.2, 0) is 16.0 Å². The van der Waals surface area contributed by atoms with Gasteiger partial charge < -0.3 is 35.7 Å². The van der Waals surface area contributed by atoms with Gasteiger partial charge in [0.05, 0.1) is 6.42 Å². The molecule has 0 unspecified atom stereocenters. The number of carbonyl (C=O) groups is 3. The van der Waals surface area contributed by atoms with Gasteiger partial charge in [-0.2, -0.15) is 0 Å². The lowest BCUT2D eigenvalue weighted by Gasteiger charge is -2.39. The molecule has 2 aliphatic heterocycles. The van der Waals surface area contributed by atoms with Crippen molar-refractivity contribution < 1.29 is 39.0 Å². The van der Waals surface area contributed by atoms with Gasteiger partial charge in [0.1, 0.15) is 29.2 Å². The number of ether oxygens (including phenoxy) is 1. The average Bonchev–Trinajstić information content (AvgIpc) is 2.64. The number of carboxylic acid groups (broad SMARTS) is 2. The largest absolute Gasteiger partial charge is 0.535 e. The van der Waals surface area contributed by atoms with Gasteiger partial charge in [0.15, 0.2) is 0 Å². The molecule has 2 heterocycles. The van der Waals surface area contributed by atoms with Crippen LogP contribution in [-0.4, -0.2) is 83.4 Å². The smallest absolute Gasteiger partial charge is 0.522 e. The quantitative estimate of drug-likeness (QED) is 0.304. The Labute approximate surface area is 172 Å². The number of hydrogen-bond donors (Lipinski definition) is 5. The van der Waals surface area contributed by atoms with Gasteiger partial charge in [0.25, 0.3) is 0 Å². The van der Waals surface area contributed by atoms with Crippen molar-refractivity contribution in [2.45, 2.75) is 31.3 Å². The van der Waals surface area contributed by atoms with Gasteiger partial charge in [-0.05, 0) is 24.4 Å². The molecule has 162 valence electrons. The number of fused-ring (bicyclic) bond motifs is 1. The third-order valence-corrected chi connectivity index (χ3v) is 5.02. The highest BCUT2D eigenvalue weighted by atomic mass is 16.5. The number of aryl methyl sites for hydroxylation is 1. The number of nitrogens with two attached hydrogens (primary N) is 1. The summed E-state index contributed by atoms with van der Waals surface area (Å²) in [5, 5.41) is 30.6. The maximum atomic E-state index is 11.7. The number of nitrogens with one attached hydrogen (secondary N) is 1. The van der Waals surface area contributed by atoms with Gasteiger partial charge in [-0.15, -0.1) is 0 Å². The summed E-state index contributed by atoms with van der Waals surface area (Å²) in [6, 6.07) is 2.13. The maximum absolute atomic E-state index is 11.7. The zero-order valence-corrected chi connectivity index (χ0v) is 16.2. The van der Waals surface area contributed by atoms with E-state index in [1.807, 2.05) is 4.90 Å². The fraction of sp³-hybridized carbons (Fsp3) is 0.500. The molecule has 1 aromatic carbocycles. The average molecular weight is 421 g/mol. The van der Waals surface area contributed by atoms with E-state index in [4.69, 9.17) is 20.2 Å². The van der Waals surface area contributed by atoms with Crippen LogP contribution in [0.15, 0.2) is 12.1 Å². The number of carboxylic acids is 2. The van der Waals surface area contributed by atoms with Crippen LogP contribution in [0.3, 0.4) is 0 Å². The van der Waals surface area contributed by atoms with Crippen molar-refractivity contribution in [2.24, 2.45) is 5.73 Å². The summed E-state index contributed by atoms with van der Waals surface area (Å²) in [6.07, 6.45) is 0.430. The Hall–Kier alpha value is -2.83. The molecule has 12 heteroatoms. The Morgan fingerprint density at radius 2 is 2.07 bits per heavy atom. The van der Waals surface area contributed by atoms with Crippen LogP contribution in [0.25, 0.3) is 0 Å². The molecule has 1 aromatic rings.